The van der Waals surface area contributed by atoms with Crippen molar-refractivity contribution >= 4 is 5.97 Å². The Balaban J connectivity index is 2.26. The second-order valence-electron chi connectivity index (χ2n) is 5.31. The van der Waals surface area contributed by atoms with E-state index in [0.29, 0.717) is 22.5 Å². The fraction of sp³-hybridized carbons (Fsp3) is 0.118. The minimum Gasteiger partial charge on any atom is -0.476 e. The number of carbonyl (C=O) groups is 1. The molecule has 1 heterocycles. The number of halogens is 1. The zero-order valence-corrected chi connectivity index (χ0v) is 12.6. The molecule has 0 aliphatic heterocycles. The van der Waals surface area contributed by atoms with E-state index in [4.69, 9.17) is 0 Å². The second-order valence-corrected chi connectivity index (χ2v) is 5.31. The van der Waals surface area contributed by atoms with E-state index in [2.05, 4.69) is 10.3 Å². The lowest BCUT2D eigenvalue weighted by Crippen LogP contribution is -2.04. The second kappa shape index (κ2) is 5.64. The average molecular weight is 311 g/mol. The molecule has 1 N–H and O–H groups in total. The summed E-state index contributed by atoms with van der Waals surface area (Å²) in [4.78, 5) is 11.5. The number of rotatable bonds is 3. The zero-order valence-electron chi connectivity index (χ0n) is 12.6. The number of aryl methyl sites for hydroxylation is 2. The van der Waals surface area contributed by atoms with Crippen molar-refractivity contribution in [3.05, 3.63) is 65.1 Å². The van der Waals surface area contributed by atoms with Crippen molar-refractivity contribution in [2.24, 2.45) is 0 Å². The van der Waals surface area contributed by atoms with E-state index < -0.39 is 5.97 Å². The van der Waals surface area contributed by atoms with Crippen LogP contribution in [0.15, 0.2) is 42.5 Å². The van der Waals surface area contributed by atoms with Gasteiger partial charge >= 0.3 is 5.97 Å². The van der Waals surface area contributed by atoms with E-state index in [1.165, 1.54) is 10.7 Å². The third-order valence-corrected chi connectivity index (χ3v) is 3.56. The van der Waals surface area contributed by atoms with Crippen LogP contribution in [0.25, 0.3) is 16.9 Å². The molecule has 0 saturated carbocycles. The van der Waals surface area contributed by atoms with E-state index in [9.17, 15) is 14.3 Å². The molecule has 3 rings (SSSR count). The quantitative estimate of drug-likeness (QED) is 0.805. The number of carboxylic acids is 1. The first kappa shape index (κ1) is 14.9. The van der Waals surface area contributed by atoms with Crippen molar-refractivity contribution in [2.75, 3.05) is 0 Å². The molecule has 6 heteroatoms. The SMILES string of the molecule is Cc1cccc(-c2c(C(=O)O)nnn2-c2ccc(C)c(F)c2)c1. The minimum absolute atomic E-state index is 0.170. The maximum Gasteiger partial charge on any atom is 0.358 e. The monoisotopic (exact) mass is 311 g/mol. The van der Waals surface area contributed by atoms with E-state index >= 15 is 0 Å². The van der Waals surface area contributed by atoms with Crippen LogP contribution < -0.4 is 0 Å². The minimum atomic E-state index is -1.18. The summed E-state index contributed by atoms with van der Waals surface area (Å²) in [6, 6.07) is 12.0. The van der Waals surface area contributed by atoms with Gasteiger partial charge in [0.25, 0.3) is 0 Å². The summed E-state index contributed by atoms with van der Waals surface area (Å²) in [5.41, 5.74) is 2.71. The molecule has 0 aliphatic rings. The Kier molecular flexibility index (Phi) is 3.65. The van der Waals surface area contributed by atoms with Crippen LogP contribution >= 0.6 is 0 Å². The van der Waals surface area contributed by atoms with Gasteiger partial charge in [-0.05, 0) is 37.6 Å². The summed E-state index contributed by atoms with van der Waals surface area (Å²) in [7, 11) is 0. The molecule has 1 aromatic heterocycles. The van der Waals surface area contributed by atoms with E-state index in [1.54, 1.807) is 25.1 Å². The summed E-state index contributed by atoms with van der Waals surface area (Å²) in [5.74, 6) is -1.56. The molecule has 0 amide bonds. The summed E-state index contributed by atoms with van der Waals surface area (Å²) in [6.07, 6.45) is 0. The molecule has 0 atom stereocenters. The van der Waals surface area contributed by atoms with Crippen LogP contribution in [-0.2, 0) is 0 Å². The number of aromatic nitrogens is 3. The van der Waals surface area contributed by atoms with E-state index in [-0.39, 0.29) is 11.5 Å². The maximum absolute atomic E-state index is 13.9. The fourth-order valence-corrected chi connectivity index (χ4v) is 2.37. The Morgan fingerprint density at radius 2 is 1.96 bits per heavy atom. The van der Waals surface area contributed by atoms with Gasteiger partial charge < -0.3 is 5.11 Å². The van der Waals surface area contributed by atoms with Crippen LogP contribution in [0.2, 0.25) is 0 Å². The Morgan fingerprint density at radius 1 is 1.17 bits per heavy atom. The highest BCUT2D eigenvalue weighted by atomic mass is 19.1. The third-order valence-electron chi connectivity index (χ3n) is 3.56. The van der Waals surface area contributed by atoms with Crippen LogP contribution in [0.4, 0.5) is 4.39 Å². The largest absolute Gasteiger partial charge is 0.476 e. The van der Waals surface area contributed by atoms with Crippen molar-refractivity contribution in [1.29, 1.82) is 0 Å². The van der Waals surface area contributed by atoms with Gasteiger partial charge in [0.2, 0.25) is 0 Å². The van der Waals surface area contributed by atoms with Crippen molar-refractivity contribution < 1.29 is 14.3 Å². The first-order chi connectivity index (χ1) is 11.0. The molecule has 0 spiro atoms. The summed E-state index contributed by atoms with van der Waals surface area (Å²) in [6.45, 7) is 3.56. The Labute approximate surface area is 132 Å². The number of hydrogen-bond donors (Lipinski definition) is 1. The van der Waals surface area contributed by atoms with Crippen LogP contribution in [0, 0.1) is 19.7 Å². The van der Waals surface area contributed by atoms with Gasteiger partial charge in [0, 0.05) is 5.56 Å². The molecule has 116 valence electrons. The predicted molar refractivity (Wildman–Crippen MR) is 83.2 cm³/mol. The summed E-state index contributed by atoms with van der Waals surface area (Å²) in [5, 5.41) is 17.0. The highest BCUT2D eigenvalue weighted by Gasteiger charge is 2.22. The summed E-state index contributed by atoms with van der Waals surface area (Å²) >= 11 is 0. The lowest BCUT2D eigenvalue weighted by atomic mass is 10.1. The van der Waals surface area contributed by atoms with Crippen molar-refractivity contribution in [1.82, 2.24) is 15.0 Å². The molecule has 0 radical (unpaired) electrons. The predicted octanol–water partition coefficient (Wildman–Crippen LogP) is 3.39. The third kappa shape index (κ3) is 2.70. The number of nitrogens with zero attached hydrogens (tertiary/aromatic N) is 3. The molecule has 0 bridgehead atoms. The van der Waals surface area contributed by atoms with Crippen LogP contribution in [0.1, 0.15) is 21.6 Å². The highest BCUT2D eigenvalue weighted by Crippen LogP contribution is 2.26. The number of aromatic carboxylic acids is 1. The molecule has 0 fully saturated rings. The number of benzene rings is 2. The topological polar surface area (TPSA) is 68.0 Å². The molecule has 0 aliphatic carbocycles. The fourth-order valence-electron chi connectivity index (χ4n) is 2.37. The van der Waals surface area contributed by atoms with Gasteiger partial charge in [-0.15, -0.1) is 5.10 Å². The molecule has 5 nitrogen and oxygen atoms in total. The normalized spacial score (nSPS) is 10.7. The molecular weight excluding hydrogens is 297 g/mol. The highest BCUT2D eigenvalue weighted by molar-refractivity contribution is 5.93. The van der Waals surface area contributed by atoms with Gasteiger partial charge in [-0.2, -0.15) is 0 Å². The molecule has 3 aromatic rings. The van der Waals surface area contributed by atoms with Gasteiger partial charge in [0.05, 0.1) is 5.69 Å². The zero-order chi connectivity index (χ0) is 16.6. The van der Waals surface area contributed by atoms with Gasteiger partial charge in [0.15, 0.2) is 5.69 Å². The van der Waals surface area contributed by atoms with Gasteiger partial charge in [0.1, 0.15) is 11.5 Å². The summed E-state index contributed by atoms with van der Waals surface area (Å²) < 4.78 is 15.2. The average Bonchev–Trinajstić information content (AvgIpc) is 2.95. The molecular formula is C17H14FN3O2. The van der Waals surface area contributed by atoms with Crippen LogP contribution in [0.5, 0.6) is 0 Å². The number of carboxylic acid groups (broad SMARTS) is 1. The van der Waals surface area contributed by atoms with Crippen LogP contribution in [0.3, 0.4) is 0 Å². The first-order valence-corrected chi connectivity index (χ1v) is 7.00. The molecule has 2 aromatic carbocycles. The maximum atomic E-state index is 13.9. The van der Waals surface area contributed by atoms with Crippen molar-refractivity contribution in [3.63, 3.8) is 0 Å². The number of hydrogen-bond acceptors (Lipinski definition) is 3. The van der Waals surface area contributed by atoms with Crippen LogP contribution in [-0.4, -0.2) is 26.1 Å². The van der Waals surface area contributed by atoms with E-state index in [1.807, 2.05) is 25.1 Å². The molecule has 23 heavy (non-hydrogen) atoms. The smallest absolute Gasteiger partial charge is 0.358 e. The standard InChI is InChI=1S/C17H14FN3O2/c1-10-4-3-5-12(8-10)16-15(17(22)23)19-20-21(16)13-7-6-11(2)14(18)9-13/h3-9H,1-2H3,(H,22,23). The lowest BCUT2D eigenvalue weighted by Gasteiger charge is -2.09. The lowest BCUT2D eigenvalue weighted by molar-refractivity contribution is 0.0691. The van der Waals surface area contributed by atoms with Gasteiger partial charge in [-0.25, -0.2) is 13.9 Å². The van der Waals surface area contributed by atoms with Gasteiger partial charge in [-0.1, -0.05) is 35.0 Å². The van der Waals surface area contributed by atoms with Gasteiger partial charge in [-0.3, -0.25) is 0 Å². The Bertz CT molecular complexity index is 903. The Morgan fingerprint density at radius 3 is 2.61 bits per heavy atom. The van der Waals surface area contributed by atoms with Crippen molar-refractivity contribution in [2.45, 2.75) is 13.8 Å². The van der Waals surface area contributed by atoms with Crippen molar-refractivity contribution in [3.8, 4) is 16.9 Å². The molecule has 0 unspecified atom stereocenters. The Hall–Kier alpha value is -3.02. The molecule has 0 saturated heterocycles. The first-order valence-electron chi connectivity index (χ1n) is 7.00. The van der Waals surface area contributed by atoms with E-state index in [0.717, 1.165) is 5.56 Å².